The third-order valence-electron chi connectivity index (χ3n) is 5.70. The molecular formula is C27H27NSi. The molecule has 4 rings (SSSR count). The maximum absolute atomic E-state index is 2.59. The van der Waals surface area contributed by atoms with Crippen LogP contribution in [0.1, 0.15) is 11.1 Å². The molecule has 4 aromatic carbocycles. The van der Waals surface area contributed by atoms with E-state index >= 15 is 0 Å². The second kappa shape index (κ2) is 8.10. The second-order valence-corrected chi connectivity index (χ2v) is 11.6. The number of nitrogens with zero attached hydrogens (tertiary/aromatic N) is 1. The first-order valence-electron chi connectivity index (χ1n) is 10.1. The molecular weight excluding hydrogens is 366 g/mol. The van der Waals surface area contributed by atoms with Crippen LogP contribution in [0.15, 0.2) is 109 Å². The highest BCUT2D eigenvalue weighted by molar-refractivity contribution is 7.04. The van der Waals surface area contributed by atoms with Gasteiger partial charge in [0.25, 0.3) is 0 Å². The fourth-order valence-corrected chi connectivity index (χ4v) is 7.87. The summed E-state index contributed by atoms with van der Waals surface area (Å²) in [5.74, 6) is 0. The van der Waals surface area contributed by atoms with Gasteiger partial charge in [0.15, 0.2) is 0 Å². The van der Waals surface area contributed by atoms with Gasteiger partial charge in [0.05, 0.1) is 0 Å². The quantitative estimate of drug-likeness (QED) is 0.386. The number of benzene rings is 4. The van der Waals surface area contributed by atoms with Crippen molar-refractivity contribution in [2.45, 2.75) is 20.4 Å². The maximum Gasteiger partial charge on any atom is 0.222 e. The van der Waals surface area contributed by atoms with E-state index in [1.54, 1.807) is 0 Å². The molecule has 0 aliphatic heterocycles. The molecule has 2 heteroatoms. The van der Waals surface area contributed by atoms with E-state index in [4.69, 9.17) is 0 Å². The second-order valence-electron chi connectivity index (χ2n) is 7.81. The fourth-order valence-electron chi connectivity index (χ4n) is 4.00. The molecule has 0 unspecified atom stereocenters. The SMILES string of the molecule is Cc1ccc(N(c2ccc(C)cc2)[Si](C)(c2ccccc2)c2ccccc2)cc1. The van der Waals surface area contributed by atoms with Crippen LogP contribution >= 0.6 is 0 Å². The molecule has 1 nitrogen and oxygen atoms in total. The highest BCUT2D eigenvalue weighted by Crippen LogP contribution is 2.32. The molecule has 0 radical (unpaired) electrons. The van der Waals surface area contributed by atoms with Crippen molar-refractivity contribution in [1.29, 1.82) is 0 Å². The number of anilines is 2. The van der Waals surface area contributed by atoms with Crippen LogP contribution in [0.2, 0.25) is 6.55 Å². The lowest BCUT2D eigenvalue weighted by Crippen LogP contribution is -2.67. The molecule has 4 aromatic rings. The standard InChI is InChI=1S/C27H27NSi/c1-22-14-18-24(19-15-22)28(25-20-16-23(2)17-21-25)29(3,26-10-6-4-7-11-26)27-12-8-5-9-13-27/h4-21H,1-3H3. The summed E-state index contributed by atoms with van der Waals surface area (Å²) in [4.78, 5) is 0. The van der Waals surface area contributed by atoms with Crippen LogP contribution in [-0.4, -0.2) is 8.24 Å². The molecule has 29 heavy (non-hydrogen) atoms. The smallest absolute Gasteiger partial charge is 0.222 e. The van der Waals surface area contributed by atoms with Crippen LogP contribution in [0, 0.1) is 13.8 Å². The summed E-state index contributed by atoms with van der Waals surface area (Å²) >= 11 is 0. The fraction of sp³-hybridized carbons (Fsp3) is 0.111. The summed E-state index contributed by atoms with van der Waals surface area (Å²) in [6.07, 6.45) is 0. The highest BCUT2D eigenvalue weighted by Gasteiger charge is 2.40. The van der Waals surface area contributed by atoms with Gasteiger partial charge in [0.1, 0.15) is 0 Å². The van der Waals surface area contributed by atoms with Crippen molar-refractivity contribution in [2.75, 3.05) is 4.57 Å². The van der Waals surface area contributed by atoms with Crippen molar-refractivity contribution in [3.63, 3.8) is 0 Å². The largest absolute Gasteiger partial charge is 0.360 e. The van der Waals surface area contributed by atoms with E-state index in [0.717, 1.165) is 0 Å². The molecule has 0 saturated heterocycles. The summed E-state index contributed by atoms with van der Waals surface area (Å²) in [6.45, 7) is 6.74. The lowest BCUT2D eigenvalue weighted by molar-refractivity contribution is 1.32. The lowest BCUT2D eigenvalue weighted by Gasteiger charge is -2.42. The first kappa shape index (κ1) is 19.2. The van der Waals surface area contributed by atoms with Gasteiger partial charge in [-0.1, -0.05) is 96.1 Å². The Morgan fingerprint density at radius 1 is 0.483 bits per heavy atom. The molecule has 0 N–H and O–H groups in total. The monoisotopic (exact) mass is 393 g/mol. The maximum atomic E-state index is 2.59. The van der Waals surface area contributed by atoms with Crippen LogP contribution < -0.4 is 14.9 Å². The van der Waals surface area contributed by atoms with Crippen LogP contribution in [0.25, 0.3) is 0 Å². The first-order chi connectivity index (χ1) is 14.1. The average Bonchev–Trinajstić information content (AvgIpc) is 2.77. The average molecular weight is 394 g/mol. The Morgan fingerprint density at radius 3 is 1.17 bits per heavy atom. The van der Waals surface area contributed by atoms with Crippen molar-refractivity contribution in [1.82, 2.24) is 0 Å². The summed E-state index contributed by atoms with van der Waals surface area (Å²) in [5, 5.41) is 2.79. The minimum atomic E-state index is -2.31. The third-order valence-corrected chi connectivity index (χ3v) is 10.0. The molecule has 0 amide bonds. The van der Waals surface area contributed by atoms with Crippen LogP contribution in [-0.2, 0) is 0 Å². The van der Waals surface area contributed by atoms with Gasteiger partial charge < -0.3 is 4.57 Å². The van der Waals surface area contributed by atoms with Gasteiger partial charge in [-0.3, -0.25) is 0 Å². The number of aryl methyl sites for hydroxylation is 2. The van der Waals surface area contributed by atoms with Gasteiger partial charge in [-0.2, -0.15) is 0 Å². The third kappa shape index (κ3) is 3.76. The minimum absolute atomic E-state index is 1.24. The van der Waals surface area contributed by atoms with Gasteiger partial charge in [0.2, 0.25) is 8.24 Å². The Kier molecular flexibility index (Phi) is 5.37. The zero-order valence-corrected chi connectivity index (χ0v) is 18.3. The van der Waals surface area contributed by atoms with E-state index in [2.05, 4.69) is 134 Å². The Bertz CT molecular complexity index is 970. The van der Waals surface area contributed by atoms with Crippen molar-refractivity contribution in [3.05, 3.63) is 120 Å². The van der Waals surface area contributed by atoms with Gasteiger partial charge in [-0.25, -0.2) is 0 Å². The zero-order chi connectivity index (χ0) is 20.3. The molecule has 0 heterocycles. The summed E-state index contributed by atoms with van der Waals surface area (Å²) in [5.41, 5.74) is 5.03. The lowest BCUT2D eigenvalue weighted by atomic mass is 10.2. The Balaban J connectivity index is 2.00. The van der Waals surface area contributed by atoms with E-state index in [9.17, 15) is 0 Å². The van der Waals surface area contributed by atoms with Crippen LogP contribution in [0.5, 0.6) is 0 Å². The topological polar surface area (TPSA) is 3.24 Å². The summed E-state index contributed by atoms with van der Waals surface area (Å²) in [6, 6.07) is 39.8. The molecule has 0 spiro atoms. The normalized spacial score (nSPS) is 11.3. The predicted molar refractivity (Wildman–Crippen MR) is 128 cm³/mol. The van der Waals surface area contributed by atoms with Crippen molar-refractivity contribution in [2.24, 2.45) is 0 Å². The number of hydrogen-bond donors (Lipinski definition) is 0. The number of rotatable bonds is 5. The van der Waals surface area contributed by atoms with Gasteiger partial charge in [-0.15, -0.1) is 0 Å². The Hall–Kier alpha value is -3.10. The van der Waals surface area contributed by atoms with E-state index in [0.29, 0.717) is 0 Å². The van der Waals surface area contributed by atoms with E-state index in [-0.39, 0.29) is 0 Å². The Morgan fingerprint density at radius 2 is 0.828 bits per heavy atom. The van der Waals surface area contributed by atoms with Crippen LogP contribution in [0.3, 0.4) is 0 Å². The highest BCUT2D eigenvalue weighted by atomic mass is 28.3. The van der Waals surface area contributed by atoms with Gasteiger partial charge in [0, 0.05) is 11.4 Å². The van der Waals surface area contributed by atoms with Gasteiger partial charge in [-0.05, 0) is 55.0 Å². The molecule has 0 fully saturated rings. The van der Waals surface area contributed by atoms with Crippen molar-refractivity contribution >= 4 is 30.0 Å². The molecule has 144 valence electrons. The van der Waals surface area contributed by atoms with E-state index in [1.807, 2.05) is 0 Å². The molecule has 0 aromatic heterocycles. The molecule has 0 saturated carbocycles. The Labute approximate surface area is 175 Å². The van der Waals surface area contributed by atoms with E-state index in [1.165, 1.54) is 32.9 Å². The zero-order valence-electron chi connectivity index (χ0n) is 17.3. The molecule has 0 aliphatic carbocycles. The van der Waals surface area contributed by atoms with Crippen molar-refractivity contribution in [3.8, 4) is 0 Å². The van der Waals surface area contributed by atoms with E-state index < -0.39 is 8.24 Å². The summed E-state index contributed by atoms with van der Waals surface area (Å²) in [7, 11) is -2.31. The number of hydrogen-bond acceptors (Lipinski definition) is 1. The molecule has 0 bridgehead atoms. The predicted octanol–water partition coefficient (Wildman–Crippen LogP) is 5.83. The molecule has 0 atom stereocenters. The molecule has 0 aliphatic rings. The van der Waals surface area contributed by atoms with Crippen molar-refractivity contribution < 1.29 is 0 Å². The first-order valence-corrected chi connectivity index (χ1v) is 12.6. The van der Waals surface area contributed by atoms with Crippen LogP contribution in [0.4, 0.5) is 11.4 Å². The minimum Gasteiger partial charge on any atom is -0.360 e. The summed E-state index contributed by atoms with van der Waals surface area (Å²) < 4.78 is 2.59. The van der Waals surface area contributed by atoms with Gasteiger partial charge >= 0.3 is 0 Å².